The van der Waals surface area contributed by atoms with Crippen LogP contribution in [0.4, 0.5) is 4.79 Å². The first-order chi connectivity index (χ1) is 19.6. The summed E-state index contributed by atoms with van der Waals surface area (Å²) in [4.78, 5) is 33.6. The molecule has 5 N–H and O–H groups in total. The van der Waals surface area contributed by atoms with Crippen LogP contribution in [0.1, 0.15) is 34.6 Å². The zero-order valence-electron chi connectivity index (χ0n) is 22.4. The van der Waals surface area contributed by atoms with Crippen LogP contribution in [-0.4, -0.2) is 34.0 Å². The maximum absolute atomic E-state index is 13.3. The van der Waals surface area contributed by atoms with Crippen molar-refractivity contribution in [3.05, 3.63) is 126 Å². The smallest absolute Gasteiger partial charge is 0.321 e. The van der Waals surface area contributed by atoms with Crippen LogP contribution in [0.3, 0.4) is 0 Å². The fraction of sp³-hybridized carbons (Fsp3) is 0.226. The van der Waals surface area contributed by atoms with Crippen molar-refractivity contribution in [1.82, 2.24) is 25.5 Å². The molecule has 4 rings (SSSR count). The molecular formula is C31H35N7O2. The lowest BCUT2D eigenvalue weighted by atomic mass is 9.91. The summed E-state index contributed by atoms with van der Waals surface area (Å²) in [5.74, 6) is -0.278. The lowest BCUT2D eigenvalue weighted by Crippen LogP contribution is -2.43. The Bertz CT molecular complexity index is 1370. The number of nitrogens with two attached hydrogens (primary N) is 1. The van der Waals surface area contributed by atoms with Gasteiger partial charge in [-0.05, 0) is 35.1 Å². The molecule has 0 saturated heterocycles. The zero-order chi connectivity index (χ0) is 28.0. The van der Waals surface area contributed by atoms with Gasteiger partial charge in [-0.3, -0.25) is 10.1 Å². The highest BCUT2D eigenvalue weighted by atomic mass is 16.2. The summed E-state index contributed by atoms with van der Waals surface area (Å²) in [6, 6.07) is 27.3. The number of amides is 3. The van der Waals surface area contributed by atoms with Gasteiger partial charge in [0.2, 0.25) is 5.91 Å². The quantitative estimate of drug-likeness (QED) is 0.125. The first kappa shape index (κ1) is 28.1. The summed E-state index contributed by atoms with van der Waals surface area (Å²) in [5, 5.41) is 8.41. The summed E-state index contributed by atoms with van der Waals surface area (Å²) in [5.41, 5.74) is 9.87. The number of hydrogen-bond donors (Lipinski definition) is 4. The van der Waals surface area contributed by atoms with Gasteiger partial charge < -0.3 is 20.9 Å². The van der Waals surface area contributed by atoms with Gasteiger partial charge in [-0.2, -0.15) is 0 Å². The molecule has 1 atom stereocenters. The summed E-state index contributed by atoms with van der Waals surface area (Å²) in [6.07, 6.45) is 6.72. The SMILES string of the molecule is NC(=NCc1cccc(CNC(=O)C(Cc2ccccc2)c2ccccc2)c1)NC(=O)NCCCn1ccnc1. The van der Waals surface area contributed by atoms with E-state index in [1.165, 1.54) is 0 Å². The number of urea groups is 1. The standard InChI is InChI=1S/C31H35N7O2/c32-30(37-31(40)34-15-8-17-38-18-16-33-23-38)36-22-26-12-7-11-25(19-26)21-35-29(39)28(27-13-5-2-6-14-27)20-24-9-3-1-4-10-24/h1-7,9-14,16,18-19,23,28H,8,15,17,20-22H2,(H,35,39)(H4,32,34,36,37,40). The van der Waals surface area contributed by atoms with Crippen LogP contribution in [-0.2, 0) is 30.8 Å². The van der Waals surface area contributed by atoms with Gasteiger partial charge in [0.25, 0.3) is 0 Å². The largest absolute Gasteiger partial charge is 0.370 e. The Balaban J connectivity index is 1.26. The van der Waals surface area contributed by atoms with Gasteiger partial charge in [0.1, 0.15) is 0 Å². The van der Waals surface area contributed by atoms with E-state index in [9.17, 15) is 9.59 Å². The number of guanidine groups is 1. The van der Waals surface area contributed by atoms with E-state index in [1.807, 2.05) is 95.7 Å². The molecule has 4 aromatic rings. The van der Waals surface area contributed by atoms with E-state index in [0.29, 0.717) is 26.1 Å². The van der Waals surface area contributed by atoms with E-state index in [-0.39, 0.29) is 17.8 Å². The second-order valence-electron chi connectivity index (χ2n) is 9.43. The van der Waals surface area contributed by atoms with Crippen LogP contribution in [0.5, 0.6) is 0 Å². The predicted octanol–water partition coefficient (Wildman–Crippen LogP) is 3.73. The maximum atomic E-state index is 13.3. The second kappa shape index (κ2) is 14.9. The summed E-state index contributed by atoms with van der Waals surface area (Å²) in [7, 11) is 0. The van der Waals surface area contributed by atoms with Crippen LogP contribution in [0.25, 0.3) is 0 Å². The Morgan fingerprint density at radius 2 is 1.62 bits per heavy atom. The molecule has 1 heterocycles. The molecular weight excluding hydrogens is 502 g/mol. The number of carbonyl (C=O) groups is 2. The summed E-state index contributed by atoms with van der Waals surface area (Å²) >= 11 is 0. The number of aromatic nitrogens is 2. The lowest BCUT2D eigenvalue weighted by molar-refractivity contribution is -0.122. The minimum Gasteiger partial charge on any atom is -0.370 e. The van der Waals surface area contributed by atoms with Crippen molar-refractivity contribution in [2.45, 2.75) is 38.4 Å². The van der Waals surface area contributed by atoms with Crippen LogP contribution in [0.2, 0.25) is 0 Å². The van der Waals surface area contributed by atoms with Crippen LogP contribution < -0.4 is 21.7 Å². The Hall–Kier alpha value is -4.92. The number of imidazole rings is 1. The molecule has 9 heteroatoms. The Kier molecular flexibility index (Phi) is 10.4. The monoisotopic (exact) mass is 537 g/mol. The molecule has 0 saturated carbocycles. The third-order valence-corrected chi connectivity index (χ3v) is 6.37. The van der Waals surface area contributed by atoms with Gasteiger partial charge >= 0.3 is 6.03 Å². The second-order valence-corrected chi connectivity index (χ2v) is 9.43. The Labute approximate surface area is 234 Å². The molecule has 0 aliphatic heterocycles. The molecule has 0 bridgehead atoms. The molecule has 0 aliphatic carbocycles. The molecule has 9 nitrogen and oxygen atoms in total. The number of hydrogen-bond acceptors (Lipinski definition) is 4. The van der Waals surface area contributed by atoms with Crippen LogP contribution in [0.15, 0.2) is 109 Å². The van der Waals surface area contributed by atoms with E-state index in [1.54, 1.807) is 12.5 Å². The molecule has 0 aliphatic rings. The van der Waals surface area contributed by atoms with Gasteiger partial charge in [0.05, 0.1) is 18.8 Å². The Morgan fingerprint density at radius 3 is 2.38 bits per heavy atom. The third kappa shape index (κ3) is 9.13. The van der Waals surface area contributed by atoms with Crippen molar-refractivity contribution in [1.29, 1.82) is 0 Å². The number of carbonyl (C=O) groups excluding carboxylic acids is 2. The van der Waals surface area contributed by atoms with Gasteiger partial charge in [-0.15, -0.1) is 0 Å². The van der Waals surface area contributed by atoms with Crippen molar-refractivity contribution >= 4 is 17.9 Å². The minimum atomic E-state index is -0.396. The van der Waals surface area contributed by atoms with Crippen molar-refractivity contribution in [3.63, 3.8) is 0 Å². The molecule has 1 aromatic heterocycles. The first-order valence-electron chi connectivity index (χ1n) is 13.3. The van der Waals surface area contributed by atoms with Crippen molar-refractivity contribution in [2.75, 3.05) is 6.54 Å². The van der Waals surface area contributed by atoms with Crippen LogP contribution >= 0.6 is 0 Å². The molecule has 0 radical (unpaired) electrons. The lowest BCUT2D eigenvalue weighted by Gasteiger charge is -2.18. The van der Waals surface area contributed by atoms with E-state index < -0.39 is 6.03 Å². The zero-order valence-corrected chi connectivity index (χ0v) is 22.4. The highest BCUT2D eigenvalue weighted by Crippen LogP contribution is 2.21. The average Bonchev–Trinajstić information content (AvgIpc) is 3.51. The summed E-state index contributed by atoms with van der Waals surface area (Å²) < 4.78 is 1.95. The molecule has 3 aromatic carbocycles. The maximum Gasteiger partial charge on any atom is 0.321 e. The number of benzene rings is 3. The average molecular weight is 538 g/mol. The number of aryl methyl sites for hydroxylation is 1. The predicted molar refractivity (Wildman–Crippen MR) is 156 cm³/mol. The van der Waals surface area contributed by atoms with Crippen molar-refractivity contribution in [2.24, 2.45) is 10.7 Å². The number of nitrogens with zero attached hydrogens (tertiary/aromatic N) is 3. The normalized spacial score (nSPS) is 11.9. The van der Waals surface area contributed by atoms with E-state index in [2.05, 4.69) is 25.9 Å². The fourth-order valence-electron chi connectivity index (χ4n) is 4.31. The van der Waals surface area contributed by atoms with E-state index in [0.717, 1.165) is 35.2 Å². The van der Waals surface area contributed by atoms with Crippen LogP contribution in [0, 0.1) is 0 Å². The topological polar surface area (TPSA) is 126 Å². The highest BCUT2D eigenvalue weighted by molar-refractivity contribution is 5.95. The third-order valence-electron chi connectivity index (χ3n) is 6.37. The molecule has 206 valence electrons. The number of rotatable bonds is 12. The molecule has 40 heavy (non-hydrogen) atoms. The molecule has 0 spiro atoms. The summed E-state index contributed by atoms with van der Waals surface area (Å²) in [6.45, 7) is 1.96. The first-order valence-corrected chi connectivity index (χ1v) is 13.3. The Morgan fingerprint density at radius 1 is 0.900 bits per heavy atom. The van der Waals surface area contributed by atoms with Crippen molar-refractivity contribution in [3.8, 4) is 0 Å². The van der Waals surface area contributed by atoms with Gasteiger partial charge in [-0.1, -0.05) is 84.9 Å². The molecule has 3 amide bonds. The van der Waals surface area contributed by atoms with E-state index >= 15 is 0 Å². The van der Waals surface area contributed by atoms with Crippen molar-refractivity contribution < 1.29 is 9.59 Å². The van der Waals surface area contributed by atoms with Gasteiger partial charge in [0.15, 0.2) is 5.96 Å². The minimum absolute atomic E-state index is 0.0250. The number of nitrogens with one attached hydrogen (secondary N) is 3. The van der Waals surface area contributed by atoms with Gasteiger partial charge in [-0.25, -0.2) is 14.8 Å². The van der Waals surface area contributed by atoms with Gasteiger partial charge in [0, 0.05) is 32.0 Å². The fourth-order valence-corrected chi connectivity index (χ4v) is 4.31. The molecule has 0 fully saturated rings. The molecule has 1 unspecified atom stereocenters. The highest BCUT2D eigenvalue weighted by Gasteiger charge is 2.20. The number of aliphatic imine (C=N–C) groups is 1. The van der Waals surface area contributed by atoms with E-state index in [4.69, 9.17) is 5.73 Å².